The van der Waals surface area contributed by atoms with Crippen LogP contribution in [0, 0.1) is 0 Å². The molecule has 108 valence electrons. The molecule has 0 aliphatic carbocycles. The summed E-state index contributed by atoms with van der Waals surface area (Å²) < 4.78 is 22.4. The van der Waals surface area contributed by atoms with E-state index < -0.39 is 9.84 Å². The van der Waals surface area contributed by atoms with Gasteiger partial charge in [0.1, 0.15) is 9.84 Å². The van der Waals surface area contributed by atoms with Crippen molar-refractivity contribution in [2.45, 2.75) is 19.5 Å². The maximum atomic E-state index is 11.2. The van der Waals surface area contributed by atoms with E-state index >= 15 is 0 Å². The fourth-order valence-corrected chi connectivity index (χ4v) is 4.01. The van der Waals surface area contributed by atoms with Gasteiger partial charge in [0.25, 0.3) is 0 Å². The molecule has 0 saturated carbocycles. The van der Waals surface area contributed by atoms with Crippen LogP contribution in [0.5, 0.6) is 0 Å². The Balaban J connectivity index is 1.94. The molecular formula is C15H19NO2S2. The van der Waals surface area contributed by atoms with E-state index in [0.717, 1.165) is 0 Å². The van der Waals surface area contributed by atoms with E-state index in [1.807, 2.05) is 25.1 Å². The van der Waals surface area contributed by atoms with Crippen molar-refractivity contribution >= 4 is 21.2 Å². The van der Waals surface area contributed by atoms with Crippen LogP contribution in [-0.2, 0) is 16.4 Å². The Morgan fingerprint density at radius 3 is 2.50 bits per heavy atom. The molecule has 1 N–H and O–H groups in total. The number of hydrogen-bond acceptors (Lipinski definition) is 4. The molecule has 0 bridgehead atoms. The average Bonchev–Trinajstić information content (AvgIpc) is 2.84. The van der Waals surface area contributed by atoms with Crippen molar-refractivity contribution < 1.29 is 8.42 Å². The van der Waals surface area contributed by atoms with Crippen LogP contribution in [0.1, 0.15) is 11.8 Å². The van der Waals surface area contributed by atoms with Gasteiger partial charge in [0.05, 0.1) is 5.75 Å². The first-order valence-electron chi connectivity index (χ1n) is 6.49. The largest absolute Gasteiger partial charge is 0.308 e. The highest BCUT2D eigenvalue weighted by molar-refractivity contribution is 7.90. The standard InChI is InChI=1S/C15H19NO2S2/c1-12(11-20(2,17)18)16-10-14-8-9-15(19-14)13-6-4-3-5-7-13/h3-9,12,16H,10-11H2,1-2H3. The summed E-state index contributed by atoms with van der Waals surface area (Å²) in [7, 11) is -2.92. The van der Waals surface area contributed by atoms with E-state index in [0.29, 0.717) is 6.54 Å². The lowest BCUT2D eigenvalue weighted by Crippen LogP contribution is -2.31. The number of thiophene rings is 1. The lowest BCUT2D eigenvalue weighted by molar-refractivity contribution is 0.562. The van der Waals surface area contributed by atoms with Crippen molar-refractivity contribution in [3.63, 3.8) is 0 Å². The van der Waals surface area contributed by atoms with Crippen LogP contribution in [0.2, 0.25) is 0 Å². The fraction of sp³-hybridized carbons (Fsp3) is 0.333. The minimum Gasteiger partial charge on any atom is -0.308 e. The Hall–Kier alpha value is -1.17. The molecule has 0 amide bonds. The van der Waals surface area contributed by atoms with Crippen LogP contribution in [-0.4, -0.2) is 26.5 Å². The van der Waals surface area contributed by atoms with E-state index in [-0.39, 0.29) is 11.8 Å². The third-order valence-electron chi connectivity index (χ3n) is 2.90. The molecule has 20 heavy (non-hydrogen) atoms. The van der Waals surface area contributed by atoms with E-state index in [4.69, 9.17) is 0 Å². The normalized spacial score (nSPS) is 13.3. The number of sulfone groups is 1. The van der Waals surface area contributed by atoms with E-state index in [1.54, 1.807) is 11.3 Å². The topological polar surface area (TPSA) is 46.2 Å². The third kappa shape index (κ3) is 4.74. The van der Waals surface area contributed by atoms with Crippen molar-refractivity contribution in [2.24, 2.45) is 0 Å². The Morgan fingerprint density at radius 2 is 1.85 bits per heavy atom. The zero-order valence-corrected chi connectivity index (χ0v) is 13.3. The molecule has 1 aromatic carbocycles. The van der Waals surface area contributed by atoms with Gasteiger partial charge in [0.15, 0.2) is 0 Å². The maximum Gasteiger partial charge on any atom is 0.148 e. The van der Waals surface area contributed by atoms with Gasteiger partial charge in [-0.2, -0.15) is 0 Å². The lowest BCUT2D eigenvalue weighted by Gasteiger charge is -2.11. The second-order valence-electron chi connectivity index (χ2n) is 5.01. The second kappa shape index (κ2) is 6.52. The minimum absolute atomic E-state index is 0.0349. The molecule has 1 atom stereocenters. The van der Waals surface area contributed by atoms with Gasteiger partial charge < -0.3 is 5.32 Å². The van der Waals surface area contributed by atoms with Crippen LogP contribution < -0.4 is 5.32 Å². The van der Waals surface area contributed by atoms with Crippen LogP contribution in [0.25, 0.3) is 10.4 Å². The van der Waals surface area contributed by atoms with Crippen molar-refractivity contribution in [2.75, 3.05) is 12.0 Å². The first-order valence-corrected chi connectivity index (χ1v) is 9.37. The SMILES string of the molecule is CC(CS(C)(=O)=O)NCc1ccc(-c2ccccc2)s1. The summed E-state index contributed by atoms with van der Waals surface area (Å²) >= 11 is 1.73. The predicted octanol–water partition coefficient (Wildman–Crippen LogP) is 2.94. The summed E-state index contributed by atoms with van der Waals surface area (Å²) in [6, 6.07) is 14.4. The number of nitrogens with one attached hydrogen (secondary N) is 1. The van der Waals surface area contributed by atoms with Crippen LogP contribution in [0.15, 0.2) is 42.5 Å². The van der Waals surface area contributed by atoms with Crippen LogP contribution in [0.4, 0.5) is 0 Å². The molecule has 2 aromatic rings. The van der Waals surface area contributed by atoms with Crippen molar-refractivity contribution in [1.82, 2.24) is 5.32 Å². The number of benzene rings is 1. The van der Waals surface area contributed by atoms with E-state index in [1.165, 1.54) is 21.6 Å². The van der Waals surface area contributed by atoms with Gasteiger partial charge in [-0.3, -0.25) is 0 Å². The van der Waals surface area contributed by atoms with Gasteiger partial charge in [0, 0.05) is 28.6 Å². The monoisotopic (exact) mass is 309 g/mol. The summed E-state index contributed by atoms with van der Waals surface area (Å²) in [4.78, 5) is 2.45. The third-order valence-corrected chi connectivity index (χ3v) is 5.14. The molecule has 1 heterocycles. The van der Waals surface area contributed by atoms with Crippen molar-refractivity contribution in [1.29, 1.82) is 0 Å². The molecule has 0 radical (unpaired) electrons. The van der Waals surface area contributed by atoms with Gasteiger partial charge in [-0.25, -0.2) is 8.42 Å². The molecule has 0 fully saturated rings. The average molecular weight is 309 g/mol. The molecule has 1 unspecified atom stereocenters. The van der Waals surface area contributed by atoms with Crippen molar-refractivity contribution in [3.05, 3.63) is 47.3 Å². The highest BCUT2D eigenvalue weighted by Gasteiger charge is 2.10. The Kier molecular flexibility index (Phi) is 4.96. The highest BCUT2D eigenvalue weighted by atomic mass is 32.2. The summed E-state index contributed by atoms with van der Waals surface area (Å²) in [6.07, 6.45) is 1.27. The van der Waals surface area contributed by atoms with Gasteiger partial charge in [-0.15, -0.1) is 11.3 Å². The Labute approximate surface area is 124 Å². The van der Waals surface area contributed by atoms with E-state index in [2.05, 4.69) is 29.6 Å². The molecule has 2 rings (SSSR count). The summed E-state index contributed by atoms with van der Waals surface area (Å²) in [6.45, 7) is 2.60. The fourth-order valence-electron chi connectivity index (χ4n) is 2.02. The number of hydrogen-bond donors (Lipinski definition) is 1. The molecule has 0 aliphatic heterocycles. The first kappa shape index (κ1) is 15.2. The Morgan fingerprint density at radius 1 is 1.15 bits per heavy atom. The highest BCUT2D eigenvalue weighted by Crippen LogP contribution is 2.27. The van der Waals surface area contributed by atoms with Gasteiger partial charge in [-0.05, 0) is 24.6 Å². The lowest BCUT2D eigenvalue weighted by atomic mass is 10.2. The molecule has 0 spiro atoms. The van der Waals surface area contributed by atoms with E-state index in [9.17, 15) is 8.42 Å². The quantitative estimate of drug-likeness (QED) is 0.892. The van der Waals surface area contributed by atoms with Gasteiger partial charge in [0.2, 0.25) is 0 Å². The second-order valence-corrected chi connectivity index (χ2v) is 8.36. The molecule has 0 aliphatic rings. The minimum atomic E-state index is -2.92. The Bertz CT molecular complexity index is 648. The predicted molar refractivity (Wildman–Crippen MR) is 85.8 cm³/mol. The van der Waals surface area contributed by atoms with Gasteiger partial charge >= 0.3 is 0 Å². The summed E-state index contributed by atoms with van der Waals surface area (Å²) in [5.41, 5.74) is 1.22. The molecular weight excluding hydrogens is 290 g/mol. The van der Waals surface area contributed by atoms with Crippen LogP contribution >= 0.6 is 11.3 Å². The van der Waals surface area contributed by atoms with Gasteiger partial charge in [-0.1, -0.05) is 30.3 Å². The zero-order valence-electron chi connectivity index (χ0n) is 11.7. The first-order chi connectivity index (χ1) is 9.44. The van der Waals surface area contributed by atoms with Crippen LogP contribution in [0.3, 0.4) is 0 Å². The smallest absolute Gasteiger partial charge is 0.148 e. The summed E-state index contributed by atoms with van der Waals surface area (Å²) in [5.74, 6) is 0.171. The molecule has 5 heteroatoms. The number of rotatable bonds is 6. The molecule has 1 aromatic heterocycles. The molecule has 3 nitrogen and oxygen atoms in total. The zero-order chi connectivity index (χ0) is 14.6. The maximum absolute atomic E-state index is 11.2. The summed E-state index contributed by atoms with van der Waals surface area (Å²) in [5, 5.41) is 3.25. The molecule has 0 saturated heterocycles. The van der Waals surface area contributed by atoms with Crippen molar-refractivity contribution in [3.8, 4) is 10.4 Å².